The summed E-state index contributed by atoms with van der Waals surface area (Å²) in [5.41, 5.74) is 3.76. The maximum Gasteiger partial charge on any atom is 0.228 e. The molecule has 1 heterocycles. The molecule has 2 aromatic carbocycles. The first-order valence-corrected chi connectivity index (χ1v) is 9.82. The van der Waals surface area contributed by atoms with Gasteiger partial charge in [-0.3, -0.25) is 9.89 Å². The third-order valence-corrected chi connectivity index (χ3v) is 4.77. The van der Waals surface area contributed by atoms with E-state index in [9.17, 15) is 4.79 Å². The van der Waals surface area contributed by atoms with Crippen molar-refractivity contribution in [2.24, 2.45) is 0 Å². The number of anilines is 1. The zero-order chi connectivity index (χ0) is 21.5. The second kappa shape index (κ2) is 9.82. The van der Waals surface area contributed by atoms with Gasteiger partial charge in [0.05, 0.1) is 39.1 Å². The molecule has 0 fully saturated rings. The number of hydrogen-bond donors (Lipinski definition) is 2. The third-order valence-electron chi connectivity index (χ3n) is 4.77. The number of nitrogens with zero attached hydrogens (tertiary/aromatic N) is 1. The number of H-pyrrole nitrogens is 1. The molecule has 3 aromatic rings. The molecule has 2 N–H and O–H groups in total. The summed E-state index contributed by atoms with van der Waals surface area (Å²) in [5.74, 6) is 1.91. The SMILES string of the molecule is CCCc1[nH]nc(-c2cc(OC)ccc2OC)c1NC(=O)Cc1cccc(OC)c1. The number of rotatable bonds is 9. The number of methoxy groups -OCH3 is 3. The van der Waals surface area contributed by atoms with Gasteiger partial charge in [-0.15, -0.1) is 0 Å². The van der Waals surface area contributed by atoms with Crippen LogP contribution in [0.15, 0.2) is 42.5 Å². The molecule has 7 heteroatoms. The van der Waals surface area contributed by atoms with Gasteiger partial charge in [-0.25, -0.2) is 0 Å². The van der Waals surface area contributed by atoms with Gasteiger partial charge in [0.25, 0.3) is 0 Å². The van der Waals surface area contributed by atoms with Crippen molar-refractivity contribution in [2.45, 2.75) is 26.2 Å². The molecule has 0 spiro atoms. The Morgan fingerprint density at radius 1 is 1.03 bits per heavy atom. The molecular weight excluding hydrogens is 382 g/mol. The molecule has 30 heavy (non-hydrogen) atoms. The van der Waals surface area contributed by atoms with E-state index < -0.39 is 0 Å². The summed E-state index contributed by atoms with van der Waals surface area (Å²) in [4.78, 5) is 12.8. The first-order chi connectivity index (χ1) is 14.6. The smallest absolute Gasteiger partial charge is 0.228 e. The van der Waals surface area contributed by atoms with Gasteiger partial charge in [0.2, 0.25) is 5.91 Å². The molecular formula is C23H27N3O4. The topological polar surface area (TPSA) is 85.5 Å². The summed E-state index contributed by atoms with van der Waals surface area (Å²) in [6.45, 7) is 2.08. The van der Waals surface area contributed by atoms with E-state index in [2.05, 4.69) is 22.4 Å². The normalized spacial score (nSPS) is 10.5. The van der Waals surface area contributed by atoms with Crippen LogP contribution in [-0.4, -0.2) is 37.4 Å². The van der Waals surface area contributed by atoms with E-state index in [0.717, 1.165) is 35.4 Å². The van der Waals surface area contributed by atoms with Crippen LogP contribution < -0.4 is 19.5 Å². The van der Waals surface area contributed by atoms with Gasteiger partial charge >= 0.3 is 0 Å². The molecule has 0 aliphatic rings. The highest BCUT2D eigenvalue weighted by atomic mass is 16.5. The fourth-order valence-corrected chi connectivity index (χ4v) is 3.29. The zero-order valence-corrected chi connectivity index (χ0v) is 17.7. The Kier molecular flexibility index (Phi) is 6.95. The Balaban J connectivity index is 1.94. The lowest BCUT2D eigenvalue weighted by atomic mass is 10.1. The number of aromatic amines is 1. The van der Waals surface area contributed by atoms with E-state index in [1.165, 1.54) is 0 Å². The summed E-state index contributed by atoms with van der Waals surface area (Å²) in [6.07, 6.45) is 1.90. The highest BCUT2D eigenvalue weighted by molar-refractivity contribution is 5.97. The van der Waals surface area contributed by atoms with Gasteiger partial charge in [0.15, 0.2) is 0 Å². The minimum atomic E-state index is -0.134. The summed E-state index contributed by atoms with van der Waals surface area (Å²) >= 11 is 0. The number of aromatic nitrogens is 2. The minimum absolute atomic E-state index is 0.134. The lowest BCUT2D eigenvalue weighted by molar-refractivity contribution is -0.115. The Labute approximate surface area is 176 Å². The highest BCUT2D eigenvalue weighted by Gasteiger charge is 2.20. The maximum absolute atomic E-state index is 12.8. The molecule has 0 aliphatic heterocycles. The van der Waals surface area contributed by atoms with Crippen LogP contribution in [-0.2, 0) is 17.6 Å². The van der Waals surface area contributed by atoms with Crippen molar-refractivity contribution in [2.75, 3.05) is 26.6 Å². The maximum atomic E-state index is 12.8. The van der Waals surface area contributed by atoms with E-state index in [1.807, 2.05) is 42.5 Å². The van der Waals surface area contributed by atoms with Crippen LogP contribution in [0.3, 0.4) is 0 Å². The first kappa shape index (κ1) is 21.2. The van der Waals surface area contributed by atoms with Crippen molar-refractivity contribution in [1.29, 1.82) is 0 Å². The monoisotopic (exact) mass is 409 g/mol. The van der Waals surface area contributed by atoms with Gasteiger partial charge in [-0.05, 0) is 42.3 Å². The quantitative estimate of drug-likeness (QED) is 0.552. The van der Waals surface area contributed by atoms with Crippen molar-refractivity contribution in [3.63, 3.8) is 0 Å². The number of amides is 1. The largest absolute Gasteiger partial charge is 0.497 e. The second-order valence-electron chi connectivity index (χ2n) is 6.82. The number of hydrogen-bond acceptors (Lipinski definition) is 5. The predicted molar refractivity (Wildman–Crippen MR) is 116 cm³/mol. The number of benzene rings is 2. The lowest BCUT2D eigenvalue weighted by Crippen LogP contribution is -2.16. The van der Waals surface area contributed by atoms with Crippen molar-refractivity contribution in [3.8, 4) is 28.5 Å². The van der Waals surface area contributed by atoms with Crippen LogP contribution in [0.1, 0.15) is 24.6 Å². The van der Waals surface area contributed by atoms with E-state index in [4.69, 9.17) is 14.2 Å². The zero-order valence-electron chi connectivity index (χ0n) is 17.7. The molecule has 0 atom stereocenters. The van der Waals surface area contributed by atoms with Gasteiger partial charge in [-0.1, -0.05) is 25.5 Å². The molecule has 3 rings (SSSR count). The van der Waals surface area contributed by atoms with E-state index in [-0.39, 0.29) is 12.3 Å². The van der Waals surface area contributed by atoms with Crippen molar-refractivity contribution < 1.29 is 19.0 Å². The van der Waals surface area contributed by atoms with Crippen LogP contribution in [0, 0.1) is 0 Å². The molecule has 1 amide bonds. The Morgan fingerprint density at radius 2 is 1.80 bits per heavy atom. The second-order valence-corrected chi connectivity index (χ2v) is 6.82. The van der Waals surface area contributed by atoms with E-state index in [0.29, 0.717) is 22.9 Å². The highest BCUT2D eigenvalue weighted by Crippen LogP contribution is 2.38. The predicted octanol–water partition coefficient (Wildman–Crippen LogP) is 4.24. The Hall–Kier alpha value is -3.48. The van der Waals surface area contributed by atoms with Gasteiger partial charge in [0.1, 0.15) is 22.9 Å². The Morgan fingerprint density at radius 3 is 2.50 bits per heavy atom. The molecule has 0 bridgehead atoms. The standard InChI is InChI=1S/C23H27N3O4/c1-5-7-19-23(24-21(27)13-15-8-6-9-16(12-15)28-2)22(26-25-19)18-14-17(29-3)10-11-20(18)30-4/h6,8-12,14H,5,7,13H2,1-4H3,(H,24,27)(H,25,26). The molecule has 0 saturated carbocycles. The molecule has 158 valence electrons. The summed E-state index contributed by atoms with van der Waals surface area (Å²) in [5, 5.41) is 10.6. The average Bonchev–Trinajstić information content (AvgIpc) is 3.15. The molecule has 0 saturated heterocycles. The van der Waals surface area contributed by atoms with Crippen LogP contribution in [0.5, 0.6) is 17.2 Å². The van der Waals surface area contributed by atoms with Gasteiger partial charge in [-0.2, -0.15) is 5.10 Å². The lowest BCUT2D eigenvalue weighted by Gasteiger charge is -2.12. The first-order valence-electron chi connectivity index (χ1n) is 9.82. The van der Waals surface area contributed by atoms with Crippen molar-refractivity contribution in [3.05, 3.63) is 53.7 Å². The van der Waals surface area contributed by atoms with Crippen molar-refractivity contribution in [1.82, 2.24) is 10.2 Å². The third kappa shape index (κ3) is 4.74. The van der Waals surface area contributed by atoms with Crippen LogP contribution in [0.4, 0.5) is 5.69 Å². The fraction of sp³-hybridized carbons (Fsp3) is 0.304. The minimum Gasteiger partial charge on any atom is -0.497 e. The summed E-state index contributed by atoms with van der Waals surface area (Å²) in [6, 6.07) is 13.0. The molecule has 1 aromatic heterocycles. The van der Waals surface area contributed by atoms with E-state index >= 15 is 0 Å². The number of aryl methyl sites for hydroxylation is 1. The number of nitrogens with one attached hydrogen (secondary N) is 2. The van der Waals surface area contributed by atoms with Crippen LogP contribution in [0.25, 0.3) is 11.3 Å². The summed E-state index contributed by atoms with van der Waals surface area (Å²) in [7, 11) is 4.82. The van der Waals surface area contributed by atoms with Gasteiger partial charge < -0.3 is 19.5 Å². The van der Waals surface area contributed by atoms with Gasteiger partial charge in [0, 0.05) is 5.56 Å². The molecule has 7 nitrogen and oxygen atoms in total. The van der Waals surface area contributed by atoms with Crippen molar-refractivity contribution >= 4 is 11.6 Å². The summed E-state index contributed by atoms with van der Waals surface area (Å²) < 4.78 is 16.1. The molecule has 0 radical (unpaired) electrons. The van der Waals surface area contributed by atoms with E-state index in [1.54, 1.807) is 21.3 Å². The van der Waals surface area contributed by atoms with Crippen LogP contribution in [0.2, 0.25) is 0 Å². The number of carbonyl (C=O) groups is 1. The molecule has 0 aliphatic carbocycles. The number of ether oxygens (including phenoxy) is 3. The van der Waals surface area contributed by atoms with Crippen LogP contribution >= 0.6 is 0 Å². The Bertz CT molecular complexity index is 1010. The fourth-order valence-electron chi connectivity index (χ4n) is 3.29. The number of carbonyl (C=O) groups excluding carboxylic acids is 1. The molecule has 0 unspecified atom stereocenters. The average molecular weight is 409 g/mol.